The van der Waals surface area contributed by atoms with E-state index in [2.05, 4.69) is 9.80 Å². The van der Waals surface area contributed by atoms with Crippen molar-refractivity contribution in [1.29, 1.82) is 0 Å². The van der Waals surface area contributed by atoms with Crippen molar-refractivity contribution in [2.24, 2.45) is 0 Å². The molecular formula is C28H36N4O4. The van der Waals surface area contributed by atoms with Crippen molar-refractivity contribution in [3.63, 3.8) is 0 Å². The molecule has 2 aromatic carbocycles. The van der Waals surface area contributed by atoms with Crippen LogP contribution in [0.3, 0.4) is 0 Å². The molecular weight excluding hydrogens is 456 g/mol. The Morgan fingerprint density at radius 2 is 1.83 bits per heavy atom. The number of para-hydroxylation sites is 1. The summed E-state index contributed by atoms with van der Waals surface area (Å²) in [4.78, 5) is 4.68. The molecule has 2 heterocycles. The van der Waals surface area contributed by atoms with Crippen LogP contribution < -0.4 is 9.47 Å². The second-order valence-corrected chi connectivity index (χ2v) is 9.62. The molecule has 5 rings (SSSR count). The van der Waals surface area contributed by atoms with Crippen LogP contribution in [0.25, 0.3) is 5.69 Å². The lowest BCUT2D eigenvalue weighted by molar-refractivity contribution is 0.00545. The molecule has 1 saturated heterocycles. The zero-order chi connectivity index (χ0) is 24.9. The van der Waals surface area contributed by atoms with Crippen LogP contribution in [0, 0.1) is 6.92 Å². The predicted molar refractivity (Wildman–Crippen MR) is 138 cm³/mol. The highest BCUT2D eigenvalue weighted by Gasteiger charge is 2.33. The summed E-state index contributed by atoms with van der Waals surface area (Å²) in [5.74, 6) is 2.13. The lowest BCUT2D eigenvalue weighted by Crippen LogP contribution is -2.45. The van der Waals surface area contributed by atoms with Crippen LogP contribution in [0.5, 0.6) is 17.4 Å². The number of morpholine rings is 1. The molecule has 3 aromatic rings. The molecule has 0 spiro atoms. The molecule has 1 aromatic heterocycles. The summed E-state index contributed by atoms with van der Waals surface area (Å²) in [6.45, 7) is 7.22. The average Bonchev–Trinajstić information content (AvgIpc) is 3.71. The molecule has 1 aliphatic heterocycles. The molecule has 1 atom stereocenters. The highest BCUT2D eigenvalue weighted by atomic mass is 16.5. The lowest BCUT2D eigenvalue weighted by Gasteiger charge is -2.31. The van der Waals surface area contributed by atoms with Crippen molar-refractivity contribution in [2.75, 3.05) is 46.5 Å². The van der Waals surface area contributed by atoms with Gasteiger partial charge in [-0.15, -0.1) is 0 Å². The van der Waals surface area contributed by atoms with Gasteiger partial charge in [0.2, 0.25) is 5.88 Å². The molecule has 0 radical (unpaired) electrons. The van der Waals surface area contributed by atoms with E-state index in [1.165, 1.54) is 0 Å². The number of methoxy groups -OCH3 is 1. The molecule has 1 unspecified atom stereocenters. The van der Waals surface area contributed by atoms with Crippen LogP contribution in [-0.4, -0.2) is 83.3 Å². The van der Waals surface area contributed by atoms with Gasteiger partial charge in [0.25, 0.3) is 0 Å². The number of ether oxygens (including phenoxy) is 3. The average molecular weight is 493 g/mol. The van der Waals surface area contributed by atoms with Gasteiger partial charge in [-0.05, 0) is 44.0 Å². The van der Waals surface area contributed by atoms with E-state index >= 15 is 0 Å². The normalized spacial score (nSPS) is 17.3. The van der Waals surface area contributed by atoms with Gasteiger partial charge in [-0.2, -0.15) is 5.10 Å². The first-order valence-corrected chi connectivity index (χ1v) is 12.8. The van der Waals surface area contributed by atoms with E-state index in [0.29, 0.717) is 37.3 Å². The van der Waals surface area contributed by atoms with Crippen molar-refractivity contribution < 1.29 is 19.3 Å². The van der Waals surface area contributed by atoms with Gasteiger partial charge in [-0.1, -0.05) is 24.3 Å². The first kappa shape index (κ1) is 24.8. The Balaban J connectivity index is 1.41. The largest absolute Gasteiger partial charge is 0.497 e. The molecule has 1 saturated carbocycles. The number of β-amino-alcohol motifs (C(OH)–C–C–N with tert-alkyl or cyclic N) is 1. The molecule has 8 nitrogen and oxygen atoms in total. The van der Waals surface area contributed by atoms with E-state index in [0.717, 1.165) is 61.8 Å². The maximum Gasteiger partial charge on any atom is 0.227 e. The summed E-state index contributed by atoms with van der Waals surface area (Å²) < 4.78 is 19.2. The maximum atomic E-state index is 11.0. The van der Waals surface area contributed by atoms with Crippen molar-refractivity contribution in [2.45, 2.75) is 38.5 Å². The number of hydrogen-bond donors (Lipinski definition) is 1. The van der Waals surface area contributed by atoms with Gasteiger partial charge in [-0.25, -0.2) is 4.68 Å². The SMILES string of the molecule is COc1cccc(Oc2c(CN(CC(O)CN3CCOCC3)C3CC3)c(C)nn2-c2ccccc2)c1. The van der Waals surface area contributed by atoms with Crippen LogP contribution in [0.1, 0.15) is 24.1 Å². The third-order valence-electron chi connectivity index (χ3n) is 6.84. The van der Waals surface area contributed by atoms with Gasteiger partial charge < -0.3 is 19.3 Å². The van der Waals surface area contributed by atoms with Gasteiger partial charge in [0, 0.05) is 44.8 Å². The minimum absolute atomic E-state index is 0.420. The molecule has 0 amide bonds. The van der Waals surface area contributed by atoms with E-state index < -0.39 is 6.10 Å². The Labute approximate surface area is 213 Å². The van der Waals surface area contributed by atoms with E-state index in [4.69, 9.17) is 19.3 Å². The van der Waals surface area contributed by atoms with Crippen molar-refractivity contribution in [3.8, 4) is 23.1 Å². The standard InChI is InChI=1S/C28H36N4O4/c1-21-27(20-31(22-11-12-22)19-24(33)18-30-13-15-35-16-14-30)28(32(29-21)23-7-4-3-5-8-23)36-26-10-6-9-25(17-26)34-2/h3-10,17,22,24,33H,11-16,18-20H2,1-2H3. The van der Waals surface area contributed by atoms with Crippen molar-refractivity contribution in [3.05, 3.63) is 65.9 Å². The van der Waals surface area contributed by atoms with Gasteiger partial charge in [0.1, 0.15) is 11.5 Å². The zero-order valence-electron chi connectivity index (χ0n) is 21.2. The molecule has 1 aliphatic carbocycles. The molecule has 192 valence electrons. The van der Waals surface area contributed by atoms with Gasteiger partial charge in [0.15, 0.2) is 0 Å². The fourth-order valence-corrected chi connectivity index (χ4v) is 4.74. The Morgan fingerprint density at radius 3 is 2.56 bits per heavy atom. The summed E-state index contributed by atoms with van der Waals surface area (Å²) in [6.07, 6.45) is 1.89. The summed E-state index contributed by atoms with van der Waals surface area (Å²) >= 11 is 0. The van der Waals surface area contributed by atoms with Crippen LogP contribution in [0.15, 0.2) is 54.6 Å². The lowest BCUT2D eigenvalue weighted by atomic mass is 10.2. The van der Waals surface area contributed by atoms with E-state index in [1.807, 2.05) is 66.2 Å². The highest BCUT2D eigenvalue weighted by molar-refractivity contribution is 5.44. The molecule has 2 fully saturated rings. The number of aliphatic hydroxyl groups is 1. The van der Waals surface area contributed by atoms with Crippen LogP contribution in [0.2, 0.25) is 0 Å². The third-order valence-corrected chi connectivity index (χ3v) is 6.84. The Hall–Kier alpha value is -2.91. The topological polar surface area (TPSA) is 72.2 Å². The number of aliphatic hydroxyl groups excluding tert-OH is 1. The van der Waals surface area contributed by atoms with E-state index in [-0.39, 0.29) is 0 Å². The fraction of sp³-hybridized carbons (Fsp3) is 0.464. The fourth-order valence-electron chi connectivity index (χ4n) is 4.74. The number of nitrogens with zero attached hydrogens (tertiary/aromatic N) is 4. The molecule has 0 bridgehead atoms. The van der Waals surface area contributed by atoms with E-state index in [9.17, 15) is 5.11 Å². The first-order chi connectivity index (χ1) is 17.6. The Morgan fingerprint density at radius 1 is 1.08 bits per heavy atom. The number of benzene rings is 2. The quantitative estimate of drug-likeness (QED) is 0.438. The Bertz CT molecular complexity index is 1130. The number of aryl methyl sites for hydroxylation is 1. The molecule has 36 heavy (non-hydrogen) atoms. The second kappa shape index (κ2) is 11.4. The second-order valence-electron chi connectivity index (χ2n) is 9.62. The van der Waals surface area contributed by atoms with Gasteiger partial charge in [0.05, 0.1) is 43.4 Å². The monoisotopic (exact) mass is 492 g/mol. The van der Waals surface area contributed by atoms with Crippen LogP contribution in [-0.2, 0) is 11.3 Å². The summed E-state index contributed by atoms with van der Waals surface area (Å²) in [7, 11) is 1.65. The summed E-state index contributed by atoms with van der Waals surface area (Å²) in [5.41, 5.74) is 2.90. The van der Waals surface area contributed by atoms with Crippen molar-refractivity contribution in [1.82, 2.24) is 19.6 Å². The summed E-state index contributed by atoms with van der Waals surface area (Å²) in [5, 5.41) is 15.8. The smallest absolute Gasteiger partial charge is 0.227 e. The maximum absolute atomic E-state index is 11.0. The Kier molecular flexibility index (Phi) is 7.87. The minimum atomic E-state index is -0.420. The molecule has 2 aliphatic rings. The molecule has 8 heteroatoms. The molecule has 1 N–H and O–H groups in total. The first-order valence-electron chi connectivity index (χ1n) is 12.8. The predicted octanol–water partition coefficient (Wildman–Crippen LogP) is 3.64. The number of rotatable bonds is 11. The van der Waals surface area contributed by atoms with Crippen molar-refractivity contribution >= 4 is 0 Å². The zero-order valence-corrected chi connectivity index (χ0v) is 21.2. The number of aromatic nitrogens is 2. The van der Waals surface area contributed by atoms with Crippen LogP contribution >= 0.6 is 0 Å². The number of hydrogen-bond acceptors (Lipinski definition) is 7. The van der Waals surface area contributed by atoms with E-state index in [1.54, 1.807) is 7.11 Å². The minimum Gasteiger partial charge on any atom is -0.497 e. The summed E-state index contributed by atoms with van der Waals surface area (Å²) in [6, 6.07) is 18.2. The highest BCUT2D eigenvalue weighted by Crippen LogP contribution is 2.35. The third kappa shape index (κ3) is 6.07. The van der Waals surface area contributed by atoms with Gasteiger partial charge in [-0.3, -0.25) is 9.80 Å². The van der Waals surface area contributed by atoms with Gasteiger partial charge >= 0.3 is 0 Å². The van der Waals surface area contributed by atoms with Crippen LogP contribution in [0.4, 0.5) is 0 Å².